The van der Waals surface area contributed by atoms with Crippen LogP contribution in [0.1, 0.15) is 0 Å². The van der Waals surface area contributed by atoms with Crippen molar-refractivity contribution in [2.45, 2.75) is 11.1 Å². The van der Waals surface area contributed by atoms with Gasteiger partial charge in [-0.1, -0.05) is 12.1 Å². The van der Waals surface area contributed by atoms with E-state index in [2.05, 4.69) is 19.7 Å². The molecule has 0 aliphatic heterocycles. The summed E-state index contributed by atoms with van der Waals surface area (Å²) in [5.41, 5.74) is 0. The number of ether oxygens (including phenoxy) is 4. The first-order valence-corrected chi connectivity index (χ1v) is 10.1. The number of urea groups is 1. The number of hydrogen-bond donors (Lipinski definition) is 2. The van der Waals surface area contributed by atoms with Crippen LogP contribution >= 0.6 is 0 Å². The number of carbonyl (C=O) groups excluding carboxylic acids is 1. The number of para-hydroxylation sites is 1. The minimum Gasteiger partial charge on any atom is -0.490 e. The van der Waals surface area contributed by atoms with Gasteiger partial charge in [-0.15, -0.1) is 4.98 Å². The van der Waals surface area contributed by atoms with E-state index in [0.29, 0.717) is 0 Å². The number of sulfonamides is 1. The van der Waals surface area contributed by atoms with Gasteiger partial charge in [-0.25, -0.2) is 17.9 Å². The summed E-state index contributed by atoms with van der Waals surface area (Å²) in [4.78, 5) is 22.3. The topological polar surface area (TPSA) is 151 Å². The van der Waals surface area contributed by atoms with E-state index in [1.54, 1.807) is 4.72 Å². The Bertz CT molecular complexity index is 1040. The van der Waals surface area contributed by atoms with Crippen LogP contribution in [0.15, 0.2) is 29.2 Å². The zero-order valence-electron chi connectivity index (χ0n) is 16.7. The second kappa shape index (κ2) is 10.8. The van der Waals surface area contributed by atoms with Crippen molar-refractivity contribution in [1.82, 2.24) is 19.7 Å². The Hall–Kier alpha value is -3.40. The number of nitrogens with one attached hydrogen (secondary N) is 2. The molecule has 12 nitrogen and oxygen atoms in total. The average Bonchev–Trinajstić information content (AvgIpc) is 2.71. The van der Waals surface area contributed by atoms with Crippen LogP contribution in [0.25, 0.3) is 0 Å². The van der Waals surface area contributed by atoms with E-state index in [0.717, 1.165) is 7.11 Å². The van der Waals surface area contributed by atoms with Gasteiger partial charge in [0.05, 0.1) is 13.7 Å². The molecule has 0 radical (unpaired) electrons. The molecule has 1 aromatic heterocycles. The molecule has 2 N–H and O–H groups in total. The fourth-order valence-corrected chi connectivity index (χ4v) is 3.08. The van der Waals surface area contributed by atoms with Gasteiger partial charge in [0.2, 0.25) is 5.95 Å². The van der Waals surface area contributed by atoms with E-state index >= 15 is 0 Å². The number of methoxy groups -OCH3 is 2. The van der Waals surface area contributed by atoms with Crippen molar-refractivity contribution in [3.8, 4) is 17.8 Å². The van der Waals surface area contributed by atoms with Crippen molar-refractivity contribution in [2.75, 3.05) is 39.4 Å². The second-order valence-electron chi connectivity index (χ2n) is 5.68. The third-order valence-electron chi connectivity index (χ3n) is 3.28. The van der Waals surface area contributed by atoms with E-state index in [1.807, 2.05) is 5.32 Å². The van der Waals surface area contributed by atoms with Crippen molar-refractivity contribution in [1.29, 1.82) is 0 Å². The highest BCUT2D eigenvalue weighted by atomic mass is 32.2. The molecule has 2 aromatic rings. The van der Waals surface area contributed by atoms with E-state index in [1.165, 1.54) is 31.4 Å². The van der Waals surface area contributed by atoms with Crippen molar-refractivity contribution in [3.05, 3.63) is 24.3 Å². The summed E-state index contributed by atoms with van der Waals surface area (Å²) >= 11 is 0. The monoisotopic (exact) mass is 481 g/mol. The van der Waals surface area contributed by atoms with Gasteiger partial charge in [-0.2, -0.15) is 23.1 Å². The fraction of sp³-hybridized carbons (Fsp3) is 0.375. The molecule has 2 amide bonds. The van der Waals surface area contributed by atoms with Gasteiger partial charge in [-0.3, -0.25) is 5.32 Å². The minimum atomic E-state index is -4.67. The molecule has 2 rings (SSSR count). The molecule has 0 saturated carbocycles. The van der Waals surface area contributed by atoms with Gasteiger partial charge in [0, 0.05) is 7.11 Å². The first-order chi connectivity index (χ1) is 15.0. The largest absolute Gasteiger partial charge is 0.490 e. The van der Waals surface area contributed by atoms with Crippen molar-refractivity contribution < 1.29 is 45.3 Å². The molecule has 0 spiro atoms. The zero-order valence-corrected chi connectivity index (χ0v) is 17.5. The van der Waals surface area contributed by atoms with Crippen LogP contribution in [0.2, 0.25) is 0 Å². The quantitative estimate of drug-likeness (QED) is 0.476. The third-order valence-corrected chi connectivity index (χ3v) is 4.65. The maximum Gasteiger partial charge on any atom is 0.422 e. The predicted molar refractivity (Wildman–Crippen MR) is 101 cm³/mol. The molecule has 32 heavy (non-hydrogen) atoms. The first kappa shape index (κ1) is 24.9. The molecule has 0 fully saturated rings. The molecule has 0 unspecified atom stereocenters. The van der Waals surface area contributed by atoms with Crippen LogP contribution in [0, 0.1) is 0 Å². The number of carbonyl (C=O) groups is 1. The number of aromatic nitrogens is 3. The van der Waals surface area contributed by atoms with Crippen LogP contribution in [0.3, 0.4) is 0 Å². The Balaban J connectivity index is 2.15. The molecule has 0 aliphatic carbocycles. The lowest BCUT2D eigenvalue weighted by molar-refractivity contribution is -0.154. The highest BCUT2D eigenvalue weighted by molar-refractivity contribution is 7.90. The summed E-state index contributed by atoms with van der Waals surface area (Å²) in [7, 11) is -1.87. The van der Waals surface area contributed by atoms with Crippen LogP contribution < -0.4 is 24.2 Å². The minimum absolute atomic E-state index is 0.0329. The number of hydrogen-bond acceptors (Lipinski definition) is 10. The third kappa shape index (κ3) is 7.69. The lowest BCUT2D eigenvalue weighted by atomic mass is 10.3. The first-order valence-electron chi connectivity index (χ1n) is 8.58. The Labute approximate surface area is 180 Å². The standard InChI is InChI=1S/C16H18F3N5O7S/c1-28-7-8-30-10-5-3-4-6-11(10)32(26,27)24-13(25)20-12-21-14(29-2)23-15(22-12)31-9-16(17,18)19/h3-6H,7-9H2,1-2H3,(H2,20,21,22,23,24,25). The molecule has 0 bridgehead atoms. The summed E-state index contributed by atoms with van der Waals surface area (Å²) in [5, 5.41) is 1.96. The molecule has 0 aliphatic rings. The van der Waals surface area contributed by atoms with Gasteiger partial charge in [0.15, 0.2) is 6.61 Å². The summed E-state index contributed by atoms with van der Waals surface area (Å²) in [5.74, 6) is -0.652. The number of benzene rings is 1. The molecule has 16 heteroatoms. The SMILES string of the molecule is COCCOc1ccccc1S(=O)(=O)NC(=O)Nc1nc(OC)nc(OCC(F)(F)F)n1. The van der Waals surface area contributed by atoms with Crippen molar-refractivity contribution in [3.63, 3.8) is 0 Å². The molecule has 0 atom stereocenters. The maximum absolute atomic E-state index is 12.6. The number of alkyl halides is 3. The molecule has 1 aromatic carbocycles. The predicted octanol–water partition coefficient (Wildman–Crippen LogP) is 1.36. The number of anilines is 1. The summed E-state index contributed by atoms with van der Waals surface area (Å²) < 4.78 is 83.1. The lowest BCUT2D eigenvalue weighted by Gasteiger charge is -2.13. The molecular weight excluding hydrogens is 463 g/mol. The van der Waals surface area contributed by atoms with Gasteiger partial charge in [0.25, 0.3) is 10.0 Å². The average molecular weight is 481 g/mol. The summed E-state index contributed by atoms with van der Waals surface area (Å²) in [6.07, 6.45) is -4.67. The molecule has 1 heterocycles. The van der Waals surface area contributed by atoms with Gasteiger partial charge in [0.1, 0.15) is 17.3 Å². The fourth-order valence-electron chi connectivity index (χ4n) is 2.03. The van der Waals surface area contributed by atoms with E-state index < -0.39 is 46.8 Å². The molecule has 176 valence electrons. The van der Waals surface area contributed by atoms with E-state index in [-0.39, 0.29) is 23.9 Å². The van der Waals surface area contributed by atoms with Crippen molar-refractivity contribution in [2.24, 2.45) is 0 Å². The normalized spacial score (nSPS) is 11.5. The number of rotatable bonds is 10. The second-order valence-corrected chi connectivity index (χ2v) is 7.33. The number of nitrogens with zero attached hydrogens (tertiary/aromatic N) is 3. The van der Waals surface area contributed by atoms with Crippen LogP contribution in [0.4, 0.5) is 23.9 Å². The van der Waals surface area contributed by atoms with Crippen molar-refractivity contribution >= 4 is 22.0 Å². The summed E-state index contributed by atoms with van der Waals surface area (Å²) in [6, 6.07) is 2.93. The van der Waals surface area contributed by atoms with Gasteiger partial charge < -0.3 is 18.9 Å². The van der Waals surface area contributed by atoms with E-state index in [9.17, 15) is 26.4 Å². The van der Waals surface area contributed by atoms with Gasteiger partial charge >= 0.3 is 24.2 Å². The highest BCUT2D eigenvalue weighted by Gasteiger charge is 2.29. The lowest BCUT2D eigenvalue weighted by Crippen LogP contribution is -2.35. The number of amides is 2. The van der Waals surface area contributed by atoms with Crippen LogP contribution in [0.5, 0.6) is 17.8 Å². The smallest absolute Gasteiger partial charge is 0.422 e. The zero-order chi connectivity index (χ0) is 23.8. The van der Waals surface area contributed by atoms with Gasteiger partial charge in [-0.05, 0) is 12.1 Å². The Morgan fingerprint density at radius 2 is 1.72 bits per heavy atom. The number of halogens is 3. The summed E-state index contributed by atoms with van der Waals surface area (Å²) in [6.45, 7) is -1.46. The Morgan fingerprint density at radius 1 is 1.03 bits per heavy atom. The van der Waals surface area contributed by atoms with Crippen LogP contribution in [-0.2, 0) is 14.8 Å². The van der Waals surface area contributed by atoms with Crippen LogP contribution in [-0.4, -0.2) is 69.6 Å². The Morgan fingerprint density at radius 3 is 2.38 bits per heavy atom. The molecule has 0 saturated heterocycles. The Kier molecular flexibility index (Phi) is 8.36. The maximum atomic E-state index is 12.6. The highest BCUT2D eigenvalue weighted by Crippen LogP contribution is 2.23. The van der Waals surface area contributed by atoms with E-state index in [4.69, 9.17) is 14.2 Å². The molecular formula is C16H18F3N5O7S.